The van der Waals surface area contributed by atoms with E-state index in [1.807, 2.05) is 36.4 Å². The van der Waals surface area contributed by atoms with E-state index in [4.69, 9.17) is 48.6 Å². The first-order valence-electron chi connectivity index (χ1n) is 55.0. The number of esters is 3. The van der Waals surface area contributed by atoms with Crippen LogP contribution in [0.25, 0.3) is 0 Å². The van der Waals surface area contributed by atoms with E-state index in [0.717, 1.165) is 268 Å². The van der Waals surface area contributed by atoms with Crippen LogP contribution in [0.15, 0.2) is 54.6 Å². The second kappa shape index (κ2) is 44.8. The first kappa shape index (κ1) is 101. The van der Waals surface area contributed by atoms with Gasteiger partial charge < -0.3 is 48.6 Å². The maximum absolute atomic E-state index is 12.8. The Balaban J connectivity index is 0.000000165. The Bertz CT molecular complexity index is 4000. The van der Waals surface area contributed by atoms with Crippen LogP contribution < -0.4 is 34.4 Å². The lowest BCUT2D eigenvalue weighted by Crippen LogP contribution is -2.54. The molecule has 15 rings (SSSR count). The summed E-state index contributed by atoms with van der Waals surface area (Å²) >= 11 is 0. The average molecular weight is 1780 g/mol. The quantitative estimate of drug-likeness (QED) is 0.0138. The number of carbonyl (C=O) groups is 3. The molecule has 3 aromatic rings. The lowest BCUT2D eigenvalue weighted by atomic mass is 9.44. The summed E-state index contributed by atoms with van der Waals surface area (Å²) < 4.78 is 18.4. The Morgan fingerprint density at radius 2 is 0.519 bits per heavy atom. The van der Waals surface area contributed by atoms with Crippen molar-refractivity contribution in [2.24, 2.45) is 157 Å². The third kappa shape index (κ3) is 24.5. The topological polar surface area (TPSA) is 235 Å². The molecule has 12 aliphatic rings. The van der Waals surface area contributed by atoms with Crippen LogP contribution in [0.2, 0.25) is 0 Å². The molecule has 27 atom stereocenters. The molecule has 726 valence electrons. The second-order valence-electron chi connectivity index (χ2n) is 49.9. The van der Waals surface area contributed by atoms with Crippen molar-refractivity contribution in [3.8, 4) is 0 Å². The fourth-order valence-electron chi connectivity index (χ4n) is 33.8. The van der Waals surface area contributed by atoms with E-state index in [-0.39, 0.29) is 36.2 Å². The number of fused-ring (bicyclic) bond motifs is 15. The SMILES string of the molecule is CC(C)CCCC(C)C1CCC2C3CCC4CC(OC(=O)CCCCCCc5cc(N)cc(N)c5)CCC4(C)C3CCC12C.CC(C)CCCC(C)C1CCC2C3CCC4CC(OC(=O)CCCCCc5cc(N)cc(N)c5)CCC4(C)C3CCC12C.CC(C)CCCC(C)C1CCC2C3CCC4CC(OC(=O)CCCCc5cc(N)cc(N)c5)CCC4(C)C3CCC12C. The van der Waals surface area contributed by atoms with E-state index < -0.39 is 0 Å². The predicted octanol–water partition coefficient (Wildman–Crippen LogP) is 30.0. The third-order valence-corrected chi connectivity index (χ3v) is 40.5. The molecule has 0 saturated heterocycles. The largest absolute Gasteiger partial charge is 0.462 e. The highest BCUT2D eigenvalue weighted by Crippen LogP contribution is 2.73. The van der Waals surface area contributed by atoms with Crippen molar-refractivity contribution in [1.29, 1.82) is 0 Å². The molecule has 0 bridgehead atoms. The molecule has 12 N–H and O–H groups in total. The van der Waals surface area contributed by atoms with Gasteiger partial charge in [0.25, 0.3) is 0 Å². The molecule has 3 aromatic carbocycles. The highest BCUT2D eigenvalue weighted by atomic mass is 16.6. The van der Waals surface area contributed by atoms with Crippen molar-refractivity contribution in [3.63, 3.8) is 0 Å². The Morgan fingerprint density at radius 1 is 0.279 bits per heavy atom. The number of aryl methyl sites for hydroxylation is 3. The van der Waals surface area contributed by atoms with Crippen LogP contribution in [0, 0.1) is 157 Å². The summed E-state index contributed by atoms with van der Waals surface area (Å²) in [5.41, 5.74) is 46.4. The number of benzene rings is 3. The van der Waals surface area contributed by atoms with E-state index in [9.17, 15) is 14.4 Å². The van der Waals surface area contributed by atoms with Crippen LogP contribution in [0.4, 0.5) is 34.1 Å². The number of nitrogen functional groups attached to an aromatic ring is 6. The highest BCUT2D eigenvalue weighted by molar-refractivity contribution is 5.70. The predicted molar refractivity (Wildman–Crippen MR) is 541 cm³/mol. The van der Waals surface area contributed by atoms with E-state index in [1.165, 1.54) is 204 Å². The Hall–Kier alpha value is -5.13. The van der Waals surface area contributed by atoms with Crippen LogP contribution in [0.3, 0.4) is 0 Å². The fraction of sp³-hybridized carbons (Fsp3) is 0.821. The summed E-state index contributed by atoms with van der Waals surface area (Å²) in [5, 5.41) is 0. The van der Waals surface area contributed by atoms with Gasteiger partial charge in [0.05, 0.1) is 0 Å². The number of nitrogens with two attached hydrogens (primary N) is 6. The van der Waals surface area contributed by atoms with E-state index in [2.05, 4.69) is 104 Å². The van der Waals surface area contributed by atoms with Gasteiger partial charge in [0.2, 0.25) is 0 Å². The molecule has 0 aromatic heterocycles. The van der Waals surface area contributed by atoms with Gasteiger partial charge in [-0.25, -0.2) is 0 Å². The lowest BCUT2D eigenvalue weighted by molar-refractivity contribution is -0.163. The minimum atomic E-state index is -0.00248. The number of hydrogen-bond donors (Lipinski definition) is 6. The molecule has 0 radical (unpaired) electrons. The number of unbranched alkanes of at least 4 members (excludes halogenated alkanes) is 6. The molecule has 27 unspecified atom stereocenters. The molecular weight excluding hydrogens is 1590 g/mol. The molecular formula is C117H192N6O6. The van der Waals surface area contributed by atoms with Crippen LogP contribution in [0.1, 0.15) is 429 Å². The Morgan fingerprint density at radius 3 is 0.798 bits per heavy atom. The normalized spacial score (nSPS) is 36.0. The molecule has 0 aliphatic heterocycles. The van der Waals surface area contributed by atoms with Gasteiger partial charge in [-0.15, -0.1) is 0 Å². The lowest BCUT2D eigenvalue weighted by Gasteiger charge is -2.61. The number of anilines is 6. The minimum Gasteiger partial charge on any atom is -0.462 e. The minimum absolute atomic E-state index is 0.00248. The zero-order valence-electron chi connectivity index (χ0n) is 85.0. The molecule has 12 saturated carbocycles. The number of hydrogen-bond acceptors (Lipinski definition) is 12. The first-order chi connectivity index (χ1) is 61.5. The molecule has 12 fully saturated rings. The zero-order valence-corrected chi connectivity index (χ0v) is 85.0. The first-order valence-corrected chi connectivity index (χ1v) is 55.0. The zero-order chi connectivity index (χ0) is 92.3. The average Bonchev–Trinajstić information content (AvgIpc) is 1.67. The van der Waals surface area contributed by atoms with E-state index >= 15 is 0 Å². The highest BCUT2D eigenvalue weighted by Gasteiger charge is 2.65. The molecule has 0 spiro atoms. The van der Waals surface area contributed by atoms with Crippen molar-refractivity contribution in [2.75, 3.05) is 34.4 Å². The molecule has 12 heteroatoms. The Labute approximate surface area is 787 Å². The van der Waals surface area contributed by atoms with Gasteiger partial charge in [0.15, 0.2) is 0 Å². The number of rotatable bonds is 36. The van der Waals surface area contributed by atoms with Crippen LogP contribution in [-0.4, -0.2) is 36.2 Å². The maximum Gasteiger partial charge on any atom is 0.306 e. The van der Waals surface area contributed by atoms with Gasteiger partial charge in [-0.1, -0.05) is 181 Å². The standard InChI is InChI=1S/C40H66N2O2.C39H64N2O2.C38H62N2O2/c1-27(2)11-10-12-28(3)35-17-18-36-34-16-15-30-25-33(19-21-39(30,4)37(34)20-22-40(35,36)5)44-38(43)14-9-7-6-8-13-29-23-31(41)26-32(42)24-29;1-26(2)10-9-11-27(3)34-16-17-35-33-15-14-29-24-32(18-20-38(29,4)36(33)19-21-39(34,35)5)43-37(42)13-8-6-7-12-28-22-30(40)25-31(41)23-28;1-25(2)9-8-10-26(3)33-15-16-34-32-14-13-28-23-31(17-19-37(28,4)35(32)18-20-38(33,34)5)42-36(41)12-7-6-11-27-21-29(39)24-30(40)22-27/h23-24,26-28,30,33-37H,6-22,25,41-42H2,1-5H3;22-23,25-27,29,32-36H,6-21,24,40-41H2,1-5H3;21-22,24-26,28,31-35H,6-20,23,39-40H2,1-5H3. The van der Waals surface area contributed by atoms with Crippen molar-refractivity contribution in [3.05, 3.63) is 71.3 Å². The summed E-state index contributed by atoms with van der Waals surface area (Å²) in [5.74, 6) is 18.4. The van der Waals surface area contributed by atoms with Crippen molar-refractivity contribution in [1.82, 2.24) is 0 Å². The molecule has 12 nitrogen and oxygen atoms in total. The van der Waals surface area contributed by atoms with Crippen molar-refractivity contribution < 1.29 is 28.6 Å². The number of ether oxygens (including phenoxy) is 3. The van der Waals surface area contributed by atoms with Gasteiger partial charge in [-0.3, -0.25) is 14.4 Å². The van der Waals surface area contributed by atoms with Gasteiger partial charge in [-0.05, 0) is 459 Å². The van der Waals surface area contributed by atoms with Crippen molar-refractivity contribution in [2.45, 2.75) is 450 Å². The summed E-state index contributed by atoms with van der Waals surface area (Å²) in [7, 11) is 0. The smallest absolute Gasteiger partial charge is 0.306 e. The van der Waals surface area contributed by atoms with Crippen LogP contribution in [-0.2, 0) is 47.9 Å². The molecule has 0 heterocycles. The summed E-state index contributed by atoms with van der Waals surface area (Å²) in [4.78, 5) is 38.4. The monoisotopic (exact) mass is 1780 g/mol. The second-order valence-corrected chi connectivity index (χ2v) is 49.9. The van der Waals surface area contributed by atoms with Gasteiger partial charge in [0.1, 0.15) is 18.3 Å². The van der Waals surface area contributed by atoms with E-state index in [0.29, 0.717) is 63.1 Å². The van der Waals surface area contributed by atoms with Gasteiger partial charge in [-0.2, -0.15) is 0 Å². The van der Waals surface area contributed by atoms with Gasteiger partial charge in [0, 0.05) is 53.4 Å². The van der Waals surface area contributed by atoms with Gasteiger partial charge >= 0.3 is 17.9 Å². The summed E-state index contributed by atoms with van der Waals surface area (Å²) in [6.45, 7) is 38.1. The Kier molecular flexibility index (Phi) is 35.2. The molecule has 0 amide bonds. The number of carbonyl (C=O) groups excluding carboxylic acids is 3. The van der Waals surface area contributed by atoms with Crippen LogP contribution in [0.5, 0.6) is 0 Å². The molecule has 12 aliphatic carbocycles. The van der Waals surface area contributed by atoms with E-state index in [1.54, 1.807) is 18.2 Å². The summed E-state index contributed by atoms with van der Waals surface area (Å²) in [6, 6.07) is 17.4. The fourth-order valence-corrected chi connectivity index (χ4v) is 33.8. The summed E-state index contributed by atoms with van der Waals surface area (Å²) in [6.07, 6.45) is 62.5. The third-order valence-electron chi connectivity index (χ3n) is 40.5. The maximum atomic E-state index is 12.8. The molecule has 129 heavy (non-hydrogen) atoms. The van der Waals surface area contributed by atoms with Crippen LogP contribution >= 0.6 is 0 Å². The van der Waals surface area contributed by atoms with Crippen molar-refractivity contribution >= 4 is 52.0 Å².